The standard InChI is InChI=1S/C22H26N6OS/c1-17-7-6-8-20(15-17)28-22(24-25-26-28)30-16-21(29)23-18-9-11-19(12-10-18)27-13-4-2-3-5-14-27/h6-12,15H,2-5,13-14,16H2,1H3,(H,23,29). The molecular formula is C22H26N6OS. The van der Waals surface area contributed by atoms with Crippen molar-refractivity contribution in [1.29, 1.82) is 0 Å². The number of amides is 1. The van der Waals surface area contributed by atoms with Gasteiger partial charge in [0.15, 0.2) is 0 Å². The average molecular weight is 423 g/mol. The maximum absolute atomic E-state index is 12.4. The Labute approximate surface area is 180 Å². The van der Waals surface area contributed by atoms with E-state index >= 15 is 0 Å². The van der Waals surface area contributed by atoms with Gasteiger partial charge in [-0.15, -0.1) is 5.10 Å². The van der Waals surface area contributed by atoms with Crippen LogP contribution in [0.15, 0.2) is 53.7 Å². The van der Waals surface area contributed by atoms with Crippen LogP contribution in [-0.2, 0) is 4.79 Å². The van der Waals surface area contributed by atoms with Gasteiger partial charge in [0.2, 0.25) is 11.1 Å². The zero-order chi connectivity index (χ0) is 20.8. The summed E-state index contributed by atoms with van der Waals surface area (Å²) in [5.41, 5.74) is 4.03. The quantitative estimate of drug-likeness (QED) is 0.603. The van der Waals surface area contributed by atoms with Crippen LogP contribution >= 0.6 is 11.8 Å². The Morgan fingerprint density at radius 2 is 1.80 bits per heavy atom. The summed E-state index contributed by atoms with van der Waals surface area (Å²) >= 11 is 1.32. The van der Waals surface area contributed by atoms with Gasteiger partial charge in [-0.25, -0.2) is 0 Å². The van der Waals surface area contributed by atoms with E-state index in [0.29, 0.717) is 5.16 Å². The van der Waals surface area contributed by atoms with E-state index in [9.17, 15) is 4.79 Å². The fraction of sp³-hybridized carbons (Fsp3) is 0.364. The fourth-order valence-electron chi connectivity index (χ4n) is 3.60. The fourth-order valence-corrected chi connectivity index (χ4v) is 4.29. The molecule has 0 bridgehead atoms. The van der Waals surface area contributed by atoms with E-state index in [0.717, 1.165) is 30.0 Å². The normalized spacial score (nSPS) is 14.4. The number of nitrogens with one attached hydrogen (secondary N) is 1. The molecular weight excluding hydrogens is 396 g/mol. The molecule has 0 atom stereocenters. The monoisotopic (exact) mass is 422 g/mol. The van der Waals surface area contributed by atoms with Crippen molar-refractivity contribution in [3.05, 3.63) is 54.1 Å². The first-order valence-electron chi connectivity index (χ1n) is 10.3. The van der Waals surface area contributed by atoms with Gasteiger partial charge >= 0.3 is 0 Å². The topological polar surface area (TPSA) is 75.9 Å². The van der Waals surface area contributed by atoms with Gasteiger partial charge in [-0.3, -0.25) is 4.79 Å². The number of anilines is 2. The molecule has 156 valence electrons. The Morgan fingerprint density at radius 1 is 1.03 bits per heavy atom. The van der Waals surface area contributed by atoms with Crippen LogP contribution in [0.3, 0.4) is 0 Å². The van der Waals surface area contributed by atoms with Crippen molar-refractivity contribution in [2.45, 2.75) is 37.8 Å². The van der Waals surface area contributed by atoms with Crippen LogP contribution in [0.25, 0.3) is 5.69 Å². The Hall–Kier alpha value is -2.87. The predicted octanol–water partition coefficient (Wildman–Crippen LogP) is 4.08. The summed E-state index contributed by atoms with van der Waals surface area (Å²) in [5, 5.41) is 15.4. The minimum Gasteiger partial charge on any atom is -0.372 e. The molecule has 0 unspecified atom stereocenters. The van der Waals surface area contributed by atoms with Crippen molar-refractivity contribution in [3.8, 4) is 5.69 Å². The predicted molar refractivity (Wildman–Crippen MR) is 120 cm³/mol. The minimum absolute atomic E-state index is 0.0821. The molecule has 7 nitrogen and oxygen atoms in total. The van der Waals surface area contributed by atoms with Gasteiger partial charge in [0, 0.05) is 24.5 Å². The highest BCUT2D eigenvalue weighted by molar-refractivity contribution is 7.99. The van der Waals surface area contributed by atoms with Crippen molar-refractivity contribution < 1.29 is 4.79 Å². The second kappa shape index (κ2) is 9.75. The summed E-state index contributed by atoms with van der Waals surface area (Å²) in [6.07, 6.45) is 5.13. The van der Waals surface area contributed by atoms with Crippen LogP contribution in [-0.4, -0.2) is 45.0 Å². The highest BCUT2D eigenvalue weighted by Crippen LogP contribution is 2.22. The van der Waals surface area contributed by atoms with Gasteiger partial charge in [-0.2, -0.15) is 4.68 Å². The van der Waals surface area contributed by atoms with Crippen LogP contribution in [0.2, 0.25) is 0 Å². The number of carbonyl (C=O) groups is 1. The minimum atomic E-state index is -0.0821. The lowest BCUT2D eigenvalue weighted by Crippen LogP contribution is -2.23. The maximum atomic E-state index is 12.4. The number of benzene rings is 2. The lowest BCUT2D eigenvalue weighted by Gasteiger charge is -2.22. The molecule has 1 fully saturated rings. The number of hydrogen-bond donors (Lipinski definition) is 1. The lowest BCUT2D eigenvalue weighted by molar-refractivity contribution is -0.113. The summed E-state index contributed by atoms with van der Waals surface area (Å²) in [7, 11) is 0. The van der Waals surface area contributed by atoms with Crippen LogP contribution in [0.4, 0.5) is 11.4 Å². The molecule has 1 aromatic heterocycles. The number of tetrazole rings is 1. The van der Waals surface area contributed by atoms with Gasteiger partial charge in [0.25, 0.3) is 0 Å². The third-order valence-electron chi connectivity index (χ3n) is 5.14. The van der Waals surface area contributed by atoms with Crippen molar-refractivity contribution in [2.75, 3.05) is 29.1 Å². The van der Waals surface area contributed by atoms with Crippen molar-refractivity contribution in [3.63, 3.8) is 0 Å². The Bertz CT molecular complexity index is 979. The SMILES string of the molecule is Cc1cccc(-n2nnnc2SCC(=O)Nc2ccc(N3CCCCCC3)cc2)c1. The second-order valence-corrected chi connectivity index (χ2v) is 8.44. The maximum Gasteiger partial charge on any atom is 0.234 e. The number of aromatic nitrogens is 4. The number of aryl methyl sites for hydroxylation is 1. The van der Waals surface area contributed by atoms with Gasteiger partial charge in [0.1, 0.15) is 0 Å². The van der Waals surface area contributed by atoms with E-state index in [1.165, 1.54) is 43.1 Å². The molecule has 0 spiro atoms. The van der Waals surface area contributed by atoms with Gasteiger partial charge < -0.3 is 10.2 Å². The second-order valence-electron chi connectivity index (χ2n) is 7.50. The van der Waals surface area contributed by atoms with Crippen molar-refractivity contribution in [2.24, 2.45) is 0 Å². The molecule has 1 aliphatic heterocycles. The van der Waals surface area contributed by atoms with Crippen LogP contribution < -0.4 is 10.2 Å². The van der Waals surface area contributed by atoms with E-state index in [1.807, 2.05) is 43.3 Å². The molecule has 1 N–H and O–H groups in total. The van der Waals surface area contributed by atoms with Gasteiger partial charge in [-0.05, 0) is 72.2 Å². The Morgan fingerprint density at radius 3 is 2.53 bits per heavy atom. The summed E-state index contributed by atoms with van der Waals surface area (Å²) in [6, 6.07) is 16.1. The van der Waals surface area contributed by atoms with E-state index in [2.05, 4.69) is 37.9 Å². The van der Waals surface area contributed by atoms with E-state index < -0.39 is 0 Å². The zero-order valence-electron chi connectivity index (χ0n) is 17.1. The molecule has 8 heteroatoms. The number of carbonyl (C=O) groups excluding carboxylic acids is 1. The third kappa shape index (κ3) is 5.18. The molecule has 1 aliphatic rings. The van der Waals surface area contributed by atoms with E-state index in [4.69, 9.17) is 0 Å². The average Bonchev–Trinajstić information content (AvgIpc) is 3.06. The summed E-state index contributed by atoms with van der Waals surface area (Å²) in [4.78, 5) is 14.9. The number of nitrogens with zero attached hydrogens (tertiary/aromatic N) is 5. The first kappa shape index (κ1) is 20.4. The molecule has 1 saturated heterocycles. The largest absolute Gasteiger partial charge is 0.372 e. The van der Waals surface area contributed by atoms with Crippen molar-refractivity contribution >= 4 is 29.0 Å². The van der Waals surface area contributed by atoms with Crippen LogP contribution in [0, 0.1) is 6.92 Å². The van der Waals surface area contributed by atoms with Crippen molar-refractivity contribution in [1.82, 2.24) is 20.2 Å². The molecule has 2 aromatic carbocycles. The Balaban J connectivity index is 1.33. The van der Waals surface area contributed by atoms with Gasteiger partial charge in [0.05, 0.1) is 11.4 Å². The first-order chi connectivity index (χ1) is 14.7. The number of rotatable bonds is 6. The van der Waals surface area contributed by atoms with Crippen LogP contribution in [0.5, 0.6) is 0 Å². The molecule has 1 amide bonds. The van der Waals surface area contributed by atoms with Crippen LogP contribution in [0.1, 0.15) is 31.2 Å². The summed E-state index contributed by atoms with van der Waals surface area (Å²) in [5.74, 6) is 0.154. The molecule has 0 radical (unpaired) electrons. The van der Waals surface area contributed by atoms with E-state index in [-0.39, 0.29) is 11.7 Å². The molecule has 30 heavy (non-hydrogen) atoms. The molecule has 3 aromatic rings. The Kier molecular flexibility index (Phi) is 6.63. The highest BCUT2D eigenvalue weighted by atomic mass is 32.2. The zero-order valence-corrected chi connectivity index (χ0v) is 17.9. The molecule has 2 heterocycles. The van der Waals surface area contributed by atoms with E-state index in [1.54, 1.807) is 4.68 Å². The highest BCUT2D eigenvalue weighted by Gasteiger charge is 2.13. The summed E-state index contributed by atoms with van der Waals surface area (Å²) in [6.45, 7) is 4.24. The molecule has 4 rings (SSSR count). The molecule has 0 saturated carbocycles. The number of hydrogen-bond acceptors (Lipinski definition) is 6. The number of thioether (sulfide) groups is 1. The smallest absolute Gasteiger partial charge is 0.234 e. The lowest BCUT2D eigenvalue weighted by atomic mass is 10.2. The molecule has 0 aliphatic carbocycles. The third-order valence-corrected chi connectivity index (χ3v) is 6.06. The summed E-state index contributed by atoms with van der Waals surface area (Å²) < 4.78 is 1.65. The van der Waals surface area contributed by atoms with Gasteiger partial charge in [-0.1, -0.05) is 36.7 Å². The first-order valence-corrected chi connectivity index (χ1v) is 11.3.